The van der Waals surface area contributed by atoms with Crippen LogP contribution in [0.1, 0.15) is 11.3 Å². The smallest absolute Gasteiger partial charge is 0.165 e. The first-order valence-corrected chi connectivity index (χ1v) is 6.41. The van der Waals surface area contributed by atoms with E-state index in [0.29, 0.717) is 24.9 Å². The van der Waals surface area contributed by atoms with Crippen molar-refractivity contribution in [2.75, 3.05) is 19.1 Å². The number of hydrogen-bond donors (Lipinski definition) is 2. The molecule has 0 bridgehead atoms. The minimum absolute atomic E-state index is 0.487. The quantitative estimate of drug-likeness (QED) is 0.651. The molecule has 6 nitrogen and oxygen atoms in total. The fourth-order valence-corrected chi connectivity index (χ4v) is 2.30. The minimum Gasteiger partial charge on any atom is -0.496 e. The van der Waals surface area contributed by atoms with E-state index < -0.39 is 0 Å². The van der Waals surface area contributed by atoms with Gasteiger partial charge in [0.1, 0.15) is 11.6 Å². The van der Waals surface area contributed by atoms with Gasteiger partial charge in [0.25, 0.3) is 0 Å². The molecule has 0 saturated heterocycles. The van der Waals surface area contributed by atoms with Gasteiger partial charge in [-0.3, -0.25) is 0 Å². The summed E-state index contributed by atoms with van der Waals surface area (Å²) in [4.78, 5) is 9.11. The summed E-state index contributed by atoms with van der Waals surface area (Å²) in [7, 11) is 1.63. The number of hydrogen-bond acceptors (Lipinski definition) is 6. The van der Waals surface area contributed by atoms with Crippen LogP contribution in [0, 0.1) is 0 Å². The zero-order valence-corrected chi connectivity index (χ0v) is 11.2. The molecule has 0 radical (unpaired) electrons. The Morgan fingerprint density at radius 2 is 2.15 bits per heavy atom. The molecule has 0 amide bonds. The van der Waals surface area contributed by atoms with Crippen molar-refractivity contribution < 1.29 is 9.47 Å². The van der Waals surface area contributed by atoms with E-state index in [-0.39, 0.29) is 0 Å². The highest BCUT2D eigenvalue weighted by molar-refractivity contribution is 5.66. The number of hydrazine groups is 1. The first kappa shape index (κ1) is 12.8. The monoisotopic (exact) mass is 272 g/mol. The number of rotatable bonds is 3. The van der Waals surface area contributed by atoms with Crippen LogP contribution in [0.2, 0.25) is 0 Å². The fraction of sp³-hybridized carbons (Fsp3) is 0.286. The van der Waals surface area contributed by atoms with Crippen LogP contribution in [-0.4, -0.2) is 23.7 Å². The summed E-state index contributed by atoms with van der Waals surface area (Å²) in [6, 6.07) is 7.66. The number of nitrogens with one attached hydrogen (secondary N) is 1. The number of methoxy groups -OCH3 is 1. The number of nitrogen functional groups attached to an aromatic ring is 1. The Balaban J connectivity index is 2.14. The molecule has 0 atom stereocenters. The maximum absolute atomic E-state index is 5.56. The van der Waals surface area contributed by atoms with Crippen LogP contribution in [0.25, 0.3) is 11.4 Å². The van der Waals surface area contributed by atoms with Crippen LogP contribution in [0.3, 0.4) is 0 Å². The molecule has 1 aromatic heterocycles. The van der Waals surface area contributed by atoms with Gasteiger partial charge in [-0.05, 0) is 12.1 Å². The van der Waals surface area contributed by atoms with Gasteiger partial charge in [0.15, 0.2) is 5.82 Å². The summed E-state index contributed by atoms with van der Waals surface area (Å²) < 4.78 is 10.8. The minimum atomic E-state index is 0.487. The van der Waals surface area contributed by atoms with Crippen molar-refractivity contribution in [3.8, 4) is 17.1 Å². The summed E-state index contributed by atoms with van der Waals surface area (Å²) in [6.45, 7) is 1.15. The average molecular weight is 272 g/mol. The standard InChI is InChI=1S/C14H16N4O2/c1-19-12-5-3-2-4-9(12)13-16-11-6-7-20-8-10(11)14(17-13)18-15/h2-5H,6-8,15H2,1H3,(H,16,17,18). The van der Waals surface area contributed by atoms with Gasteiger partial charge in [0.2, 0.25) is 0 Å². The van der Waals surface area contributed by atoms with Gasteiger partial charge in [-0.25, -0.2) is 15.8 Å². The summed E-state index contributed by atoms with van der Waals surface area (Å²) >= 11 is 0. The Morgan fingerprint density at radius 3 is 2.95 bits per heavy atom. The number of ether oxygens (including phenoxy) is 2. The lowest BCUT2D eigenvalue weighted by molar-refractivity contribution is 0.109. The van der Waals surface area contributed by atoms with E-state index in [1.807, 2.05) is 24.3 Å². The number of para-hydroxylation sites is 1. The Bertz CT molecular complexity index is 613. The van der Waals surface area contributed by atoms with Crippen molar-refractivity contribution in [3.63, 3.8) is 0 Å². The molecule has 20 heavy (non-hydrogen) atoms. The van der Waals surface area contributed by atoms with E-state index >= 15 is 0 Å². The Hall–Kier alpha value is -2.18. The highest BCUT2D eigenvalue weighted by atomic mass is 16.5. The van der Waals surface area contributed by atoms with Crippen LogP contribution >= 0.6 is 0 Å². The molecule has 0 fully saturated rings. The van der Waals surface area contributed by atoms with Gasteiger partial charge in [-0.1, -0.05) is 12.1 Å². The second-order valence-corrected chi connectivity index (χ2v) is 4.47. The lowest BCUT2D eigenvalue weighted by Crippen LogP contribution is -2.19. The van der Waals surface area contributed by atoms with E-state index in [9.17, 15) is 0 Å². The first-order chi connectivity index (χ1) is 9.83. The molecule has 2 heterocycles. The zero-order chi connectivity index (χ0) is 13.9. The highest BCUT2D eigenvalue weighted by Gasteiger charge is 2.19. The van der Waals surface area contributed by atoms with Gasteiger partial charge in [0, 0.05) is 12.0 Å². The first-order valence-electron chi connectivity index (χ1n) is 6.41. The van der Waals surface area contributed by atoms with Crippen molar-refractivity contribution in [2.45, 2.75) is 13.0 Å². The molecule has 0 spiro atoms. The third-order valence-electron chi connectivity index (χ3n) is 3.31. The number of benzene rings is 1. The molecule has 3 N–H and O–H groups in total. The number of anilines is 1. The maximum Gasteiger partial charge on any atom is 0.165 e. The molecule has 1 aliphatic heterocycles. The SMILES string of the molecule is COc1ccccc1-c1nc2c(c(NN)n1)COCC2. The molecule has 0 saturated carbocycles. The number of fused-ring (bicyclic) bond motifs is 1. The van der Waals surface area contributed by atoms with Crippen molar-refractivity contribution in [1.82, 2.24) is 9.97 Å². The topological polar surface area (TPSA) is 82.3 Å². The molecule has 0 aliphatic carbocycles. The second-order valence-electron chi connectivity index (χ2n) is 4.47. The van der Waals surface area contributed by atoms with Crippen LogP contribution in [0.4, 0.5) is 5.82 Å². The molecule has 1 aliphatic rings. The van der Waals surface area contributed by atoms with Crippen LogP contribution in [0.5, 0.6) is 5.75 Å². The zero-order valence-electron chi connectivity index (χ0n) is 11.2. The van der Waals surface area contributed by atoms with E-state index in [4.69, 9.17) is 15.3 Å². The number of nitrogens with two attached hydrogens (primary N) is 1. The molecule has 2 aromatic rings. The predicted octanol–water partition coefficient (Wildman–Crippen LogP) is 1.51. The van der Waals surface area contributed by atoms with Crippen molar-refractivity contribution in [3.05, 3.63) is 35.5 Å². The van der Waals surface area contributed by atoms with E-state index in [1.54, 1.807) is 7.11 Å². The van der Waals surface area contributed by atoms with Gasteiger partial charge in [-0.15, -0.1) is 0 Å². The van der Waals surface area contributed by atoms with Crippen LogP contribution < -0.4 is 16.0 Å². The fourth-order valence-electron chi connectivity index (χ4n) is 2.30. The predicted molar refractivity (Wildman–Crippen MR) is 75.2 cm³/mol. The molecular weight excluding hydrogens is 256 g/mol. The Morgan fingerprint density at radius 1 is 1.30 bits per heavy atom. The lowest BCUT2D eigenvalue weighted by Gasteiger charge is -2.19. The van der Waals surface area contributed by atoms with E-state index in [0.717, 1.165) is 29.0 Å². The summed E-state index contributed by atoms with van der Waals surface area (Å²) in [5, 5.41) is 0. The Labute approximate surface area is 116 Å². The summed E-state index contributed by atoms with van der Waals surface area (Å²) in [5.41, 5.74) is 5.38. The van der Waals surface area contributed by atoms with Crippen molar-refractivity contribution >= 4 is 5.82 Å². The normalized spacial score (nSPS) is 13.7. The van der Waals surface area contributed by atoms with Crippen LogP contribution in [-0.2, 0) is 17.8 Å². The third kappa shape index (κ3) is 2.19. The third-order valence-corrected chi connectivity index (χ3v) is 3.31. The molecule has 104 valence electrons. The van der Waals surface area contributed by atoms with Gasteiger partial charge >= 0.3 is 0 Å². The van der Waals surface area contributed by atoms with Crippen molar-refractivity contribution in [2.24, 2.45) is 5.84 Å². The highest BCUT2D eigenvalue weighted by Crippen LogP contribution is 2.30. The van der Waals surface area contributed by atoms with Crippen molar-refractivity contribution in [1.29, 1.82) is 0 Å². The molecule has 0 unspecified atom stereocenters. The Kier molecular flexibility index (Phi) is 3.49. The van der Waals surface area contributed by atoms with Crippen LogP contribution in [0.15, 0.2) is 24.3 Å². The van der Waals surface area contributed by atoms with E-state index in [2.05, 4.69) is 15.4 Å². The van der Waals surface area contributed by atoms with Gasteiger partial charge in [0.05, 0.1) is 31.6 Å². The molecule has 6 heteroatoms. The molecular formula is C14H16N4O2. The molecule has 1 aromatic carbocycles. The lowest BCUT2D eigenvalue weighted by atomic mass is 10.1. The maximum atomic E-state index is 5.56. The van der Waals surface area contributed by atoms with Gasteiger partial charge in [-0.2, -0.15) is 0 Å². The largest absolute Gasteiger partial charge is 0.496 e. The average Bonchev–Trinajstić information content (AvgIpc) is 2.53. The van der Waals surface area contributed by atoms with E-state index in [1.165, 1.54) is 0 Å². The molecule has 3 rings (SSSR count). The number of nitrogens with zero attached hydrogens (tertiary/aromatic N) is 2. The second kappa shape index (κ2) is 5.44. The summed E-state index contributed by atoms with van der Waals surface area (Å²) in [5.74, 6) is 7.52. The summed E-state index contributed by atoms with van der Waals surface area (Å²) in [6.07, 6.45) is 0.759. The van der Waals surface area contributed by atoms with Gasteiger partial charge < -0.3 is 14.9 Å². The number of aromatic nitrogens is 2.